The zero-order valence-corrected chi connectivity index (χ0v) is 14.1. The SMILES string of the molecule is CCCNC(Cc1ccccc1OC)c1cncc(Br)c1. The van der Waals surface area contributed by atoms with Crippen LogP contribution in [0.15, 0.2) is 47.2 Å². The van der Waals surface area contributed by atoms with E-state index in [4.69, 9.17) is 4.74 Å². The molecule has 2 aromatic rings. The van der Waals surface area contributed by atoms with Gasteiger partial charge in [-0.05, 0) is 58.6 Å². The standard InChI is InChI=1S/C17H21BrN2O/c1-3-8-20-16(14-9-15(18)12-19-11-14)10-13-6-4-5-7-17(13)21-2/h4-7,9,11-12,16,20H,3,8,10H2,1-2H3. The topological polar surface area (TPSA) is 34.1 Å². The second-order valence-corrected chi connectivity index (χ2v) is 5.87. The monoisotopic (exact) mass is 348 g/mol. The first-order valence-corrected chi connectivity index (χ1v) is 7.99. The molecule has 0 aliphatic carbocycles. The zero-order valence-electron chi connectivity index (χ0n) is 12.5. The van der Waals surface area contributed by atoms with Gasteiger partial charge in [0, 0.05) is 22.9 Å². The molecule has 1 unspecified atom stereocenters. The van der Waals surface area contributed by atoms with E-state index in [0.29, 0.717) is 0 Å². The van der Waals surface area contributed by atoms with Crippen LogP contribution in [0.2, 0.25) is 0 Å². The highest BCUT2D eigenvalue weighted by atomic mass is 79.9. The largest absolute Gasteiger partial charge is 0.496 e. The Morgan fingerprint density at radius 1 is 1.29 bits per heavy atom. The van der Waals surface area contributed by atoms with Crippen molar-refractivity contribution in [1.82, 2.24) is 10.3 Å². The van der Waals surface area contributed by atoms with Crippen LogP contribution in [0.1, 0.15) is 30.5 Å². The second kappa shape index (κ2) is 8.15. The van der Waals surface area contributed by atoms with Crippen molar-refractivity contribution in [2.75, 3.05) is 13.7 Å². The highest BCUT2D eigenvalue weighted by molar-refractivity contribution is 9.10. The molecule has 4 heteroatoms. The minimum atomic E-state index is 0.228. The van der Waals surface area contributed by atoms with Crippen LogP contribution in [0, 0.1) is 0 Å². The average Bonchev–Trinajstić information content (AvgIpc) is 2.51. The number of hydrogen-bond donors (Lipinski definition) is 1. The van der Waals surface area contributed by atoms with Crippen molar-refractivity contribution in [2.45, 2.75) is 25.8 Å². The summed E-state index contributed by atoms with van der Waals surface area (Å²) < 4.78 is 6.46. The number of halogens is 1. The van der Waals surface area contributed by atoms with Gasteiger partial charge in [-0.25, -0.2) is 0 Å². The minimum absolute atomic E-state index is 0.228. The predicted molar refractivity (Wildman–Crippen MR) is 89.7 cm³/mol. The quantitative estimate of drug-likeness (QED) is 0.816. The Morgan fingerprint density at radius 2 is 2.10 bits per heavy atom. The van der Waals surface area contributed by atoms with Crippen LogP contribution >= 0.6 is 15.9 Å². The molecule has 0 aliphatic rings. The van der Waals surface area contributed by atoms with Crippen LogP contribution in [-0.4, -0.2) is 18.6 Å². The first-order valence-electron chi connectivity index (χ1n) is 7.20. The average molecular weight is 349 g/mol. The Balaban J connectivity index is 2.24. The summed E-state index contributed by atoms with van der Waals surface area (Å²) in [4.78, 5) is 4.28. The molecule has 0 bridgehead atoms. The number of ether oxygens (including phenoxy) is 1. The lowest BCUT2D eigenvalue weighted by Gasteiger charge is -2.20. The van der Waals surface area contributed by atoms with E-state index in [1.807, 2.05) is 30.6 Å². The van der Waals surface area contributed by atoms with Crippen molar-refractivity contribution < 1.29 is 4.74 Å². The van der Waals surface area contributed by atoms with Gasteiger partial charge in [0.05, 0.1) is 7.11 Å². The Morgan fingerprint density at radius 3 is 2.81 bits per heavy atom. The minimum Gasteiger partial charge on any atom is -0.496 e. The zero-order chi connectivity index (χ0) is 15.1. The summed E-state index contributed by atoms with van der Waals surface area (Å²) in [6.45, 7) is 3.15. The van der Waals surface area contributed by atoms with E-state index < -0.39 is 0 Å². The van der Waals surface area contributed by atoms with E-state index in [1.54, 1.807) is 7.11 Å². The molecule has 0 aliphatic heterocycles. The van der Waals surface area contributed by atoms with E-state index in [-0.39, 0.29) is 6.04 Å². The number of hydrogen-bond acceptors (Lipinski definition) is 3. The van der Waals surface area contributed by atoms with E-state index in [9.17, 15) is 0 Å². The highest BCUT2D eigenvalue weighted by Gasteiger charge is 2.14. The van der Waals surface area contributed by atoms with Crippen LogP contribution in [0.5, 0.6) is 5.75 Å². The highest BCUT2D eigenvalue weighted by Crippen LogP contribution is 2.25. The van der Waals surface area contributed by atoms with Crippen molar-refractivity contribution in [3.05, 3.63) is 58.3 Å². The number of benzene rings is 1. The summed E-state index contributed by atoms with van der Waals surface area (Å²) >= 11 is 3.50. The lowest BCUT2D eigenvalue weighted by Crippen LogP contribution is -2.24. The summed E-state index contributed by atoms with van der Waals surface area (Å²) in [5.41, 5.74) is 2.39. The first-order chi connectivity index (χ1) is 10.2. The maximum atomic E-state index is 5.46. The van der Waals surface area contributed by atoms with Crippen LogP contribution in [0.25, 0.3) is 0 Å². The van der Waals surface area contributed by atoms with Crippen molar-refractivity contribution in [1.29, 1.82) is 0 Å². The molecule has 112 valence electrons. The van der Waals surface area contributed by atoms with Gasteiger partial charge in [-0.3, -0.25) is 4.98 Å². The normalized spacial score (nSPS) is 12.1. The van der Waals surface area contributed by atoms with Crippen LogP contribution in [0.4, 0.5) is 0 Å². The summed E-state index contributed by atoms with van der Waals surface area (Å²) in [5.74, 6) is 0.934. The predicted octanol–water partition coefficient (Wildman–Crippen LogP) is 4.14. The molecule has 1 aromatic carbocycles. The van der Waals surface area contributed by atoms with Crippen LogP contribution < -0.4 is 10.1 Å². The van der Waals surface area contributed by atoms with Crippen molar-refractivity contribution in [3.63, 3.8) is 0 Å². The van der Waals surface area contributed by atoms with Gasteiger partial charge in [-0.1, -0.05) is 25.1 Å². The Hall–Kier alpha value is -1.39. The molecule has 0 amide bonds. The van der Waals surface area contributed by atoms with Gasteiger partial charge in [0.15, 0.2) is 0 Å². The molecule has 21 heavy (non-hydrogen) atoms. The van der Waals surface area contributed by atoms with E-state index in [1.165, 1.54) is 11.1 Å². The van der Waals surface area contributed by atoms with E-state index in [2.05, 4.69) is 45.3 Å². The van der Waals surface area contributed by atoms with Crippen molar-refractivity contribution >= 4 is 15.9 Å². The molecular weight excluding hydrogens is 328 g/mol. The van der Waals surface area contributed by atoms with Gasteiger partial charge < -0.3 is 10.1 Å². The number of methoxy groups -OCH3 is 1. The summed E-state index contributed by atoms with van der Waals surface area (Å²) in [5, 5.41) is 3.60. The molecule has 2 rings (SSSR count). The molecule has 1 aromatic heterocycles. The Kier molecular flexibility index (Phi) is 6.21. The molecule has 0 spiro atoms. The Bertz CT molecular complexity index is 574. The molecule has 1 atom stereocenters. The van der Waals surface area contributed by atoms with Crippen LogP contribution in [0.3, 0.4) is 0 Å². The molecule has 3 nitrogen and oxygen atoms in total. The molecular formula is C17H21BrN2O. The van der Waals surface area contributed by atoms with Gasteiger partial charge in [-0.15, -0.1) is 0 Å². The number of para-hydroxylation sites is 1. The molecule has 1 heterocycles. The van der Waals surface area contributed by atoms with Gasteiger partial charge in [-0.2, -0.15) is 0 Å². The number of pyridine rings is 1. The smallest absolute Gasteiger partial charge is 0.122 e. The fourth-order valence-corrected chi connectivity index (χ4v) is 2.72. The van der Waals surface area contributed by atoms with E-state index >= 15 is 0 Å². The summed E-state index contributed by atoms with van der Waals surface area (Å²) in [7, 11) is 1.72. The lowest BCUT2D eigenvalue weighted by atomic mass is 9.99. The number of nitrogens with zero attached hydrogens (tertiary/aromatic N) is 1. The number of aromatic nitrogens is 1. The Labute approximate surface area is 134 Å². The van der Waals surface area contributed by atoms with Crippen molar-refractivity contribution in [2.24, 2.45) is 0 Å². The fourth-order valence-electron chi connectivity index (χ4n) is 2.34. The van der Waals surface area contributed by atoms with E-state index in [0.717, 1.165) is 29.6 Å². The third-order valence-corrected chi connectivity index (χ3v) is 3.82. The molecule has 0 saturated heterocycles. The maximum absolute atomic E-state index is 5.46. The van der Waals surface area contributed by atoms with Crippen LogP contribution in [-0.2, 0) is 6.42 Å². The lowest BCUT2D eigenvalue weighted by molar-refractivity contribution is 0.405. The second-order valence-electron chi connectivity index (χ2n) is 4.96. The van der Waals surface area contributed by atoms with Gasteiger partial charge in [0.25, 0.3) is 0 Å². The molecule has 0 fully saturated rings. The third kappa shape index (κ3) is 4.55. The fraction of sp³-hybridized carbons (Fsp3) is 0.353. The third-order valence-electron chi connectivity index (χ3n) is 3.39. The molecule has 0 saturated carbocycles. The number of nitrogens with one attached hydrogen (secondary N) is 1. The van der Waals surface area contributed by atoms with Gasteiger partial charge >= 0.3 is 0 Å². The first kappa shape index (κ1) is 16.0. The number of rotatable bonds is 7. The summed E-state index contributed by atoms with van der Waals surface area (Å²) in [6.07, 6.45) is 5.71. The summed E-state index contributed by atoms with van der Waals surface area (Å²) in [6, 6.07) is 10.5. The van der Waals surface area contributed by atoms with Crippen molar-refractivity contribution in [3.8, 4) is 5.75 Å². The van der Waals surface area contributed by atoms with Gasteiger partial charge in [0.1, 0.15) is 5.75 Å². The molecule has 0 radical (unpaired) electrons. The molecule has 1 N–H and O–H groups in total. The van der Waals surface area contributed by atoms with Gasteiger partial charge in [0.2, 0.25) is 0 Å². The maximum Gasteiger partial charge on any atom is 0.122 e.